The van der Waals surface area contributed by atoms with Gasteiger partial charge in [-0.1, -0.05) is 0 Å². The van der Waals surface area contributed by atoms with Gasteiger partial charge in [-0.15, -0.1) is 11.4 Å². The molecule has 0 heterocycles. The molecule has 0 aliphatic rings. The standard InChI is InChI=1S/C3H6O2S.H2O3S.H2O.S/c1-2(6)3(4)5;1-4(2)3;;/h2,6H,1H3,(H,4,5);(H2,1,2,3);1H2;/q;;;+4/p-4. The fourth-order valence-corrected chi connectivity index (χ4v) is 0. The van der Waals surface area contributed by atoms with Gasteiger partial charge in [-0.05, 0) is 6.92 Å². The zero-order chi connectivity index (χ0) is 8.73. The number of hydrogen-bond acceptors (Lipinski definition) is 7. The van der Waals surface area contributed by atoms with E-state index in [-0.39, 0.29) is 19.0 Å². The van der Waals surface area contributed by atoms with E-state index in [2.05, 4.69) is 12.6 Å². The molecule has 0 aliphatic heterocycles. The fraction of sp³-hybridized carbons (Fsp3) is 0.667. The Labute approximate surface area is 84.6 Å². The molecule has 72 valence electrons. The average molecular weight is 234 g/mol. The van der Waals surface area contributed by atoms with Gasteiger partial charge < -0.3 is 24.5 Å². The molecule has 0 amide bonds. The minimum absolute atomic E-state index is 0. The van der Waals surface area contributed by atoms with Crippen LogP contribution in [0.2, 0.25) is 0 Å². The monoisotopic (exact) mass is 234 g/mol. The van der Waals surface area contributed by atoms with Crippen LogP contribution in [-0.4, -0.2) is 30.0 Å². The maximum atomic E-state index is 9.51. The van der Waals surface area contributed by atoms with E-state index in [0.29, 0.717) is 0 Å². The maximum Gasteiger partial charge on any atom is 4.00 e. The van der Waals surface area contributed by atoms with Crippen LogP contribution in [0.25, 0.3) is 0 Å². The summed E-state index contributed by atoms with van der Waals surface area (Å²) in [6.45, 7) is 1.44. The van der Waals surface area contributed by atoms with E-state index in [0.717, 1.165) is 0 Å². The van der Waals surface area contributed by atoms with Crippen molar-refractivity contribution in [2.24, 2.45) is 0 Å². The molecule has 1 unspecified atom stereocenters. The smallest absolute Gasteiger partial charge is 0.870 e. The molecule has 9 heteroatoms. The second-order valence-corrected chi connectivity index (χ2v) is 2.38. The van der Waals surface area contributed by atoms with Crippen LogP contribution in [0, 0.1) is 0 Å². The van der Waals surface area contributed by atoms with Crippen molar-refractivity contribution in [3.63, 3.8) is 0 Å². The third kappa shape index (κ3) is 48.9. The first kappa shape index (κ1) is 22.8. The zero-order valence-electron chi connectivity index (χ0n) is 5.83. The molecule has 0 aromatic heterocycles. The van der Waals surface area contributed by atoms with E-state index < -0.39 is 22.6 Å². The van der Waals surface area contributed by atoms with Crippen molar-refractivity contribution in [2.45, 2.75) is 12.2 Å². The molecule has 0 rings (SSSR count). The summed E-state index contributed by atoms with van der Waals surface area (Å²) in [6.07, 6.45) is 0. The molecule has 1 atom stereocenters. The van der Waals surface area contributed by atoms with Gasteiger partial charge in [0.05, 0.1) is 5.97 Å². The molecule has 6 nitrogen and oxygen atoms in total. The van der Waals surface area contributed by atoms with Crippen molar-refractivity contribution in [3.8, 4) is 0 Å². The third-order valence-corrected chi connectivity index (χ3v) is 0.552. The first-order valence-electron chi connectivity index (χ1n) is 2.03. The van der Waals surface area contributed by atoms with Gasteiger partial charge in [0.15, 0.2) is 0 Å². The summed E-state index contributed by atoms with van der Waals surface area (Å²) < 4.78 is 25.3. The van der Waals surface area contributed by atoms with Crippen LogP contribution in [-0.2, 0) is 16.2 Å². The largest absolute Gasteiger partial charge is 4.00 e. The van der Waals surface area contributed by atoms with Crippen molar-refractivity contribution in [2.75, 3.05) is 0 Å². The SMILES string of the molecule is CC(S)C(=O)[O-].O=S([O-])[O-].[OH-].[S+4]. The van der Waals surface area contributed by atoms with E-state index in [1.807, 2.05) is 0 Å². The molecule has 1 N–H and O–H groups in total. The van der Waals surface area contributed by atoms with Gasteiger partial charge in [0.2, 0.25) is 0 Å². The second kappa shape index (κ2) is 13.8. The van der Waals surface area contributed by atoms with Gasteiger partial charge >= 0.3 is 13.5 Å². The van der Waals surface area contributed by atoms with Crippen molar-refractivity contribution in [3.05, 3.63) is 0 Å². The molecule has 0 saturated carbocycles. The van der Waals surface area contributed by atoms with E-state index in [4.69, 9.17) is 13.3 Å². The van der Waals surface area contributed by atoms with Gasteiger partial charge in [0.1, 0.15) is 0 Å². The summed E-state index contributed by atoms with van der Waals surface area (Å²) in [5, 5.41) is 8.86. The molecule has 0 aromatic carbocycles. The number of carboxylic acids is 1. The Morgan fingerprint density at radius 2 is 1.58 bits per heavy atom. The third-order valence-electron chi connectivity index (χ3n) is 0.341. The van der Waals surface area contributed by atoms with Gasteiger partial charge in [0.25, 0.3) is 0 Å². The Morgan fingerprint density at radius 1 is 1.50 bits per heavy atom. The van der Waals surface area contributed by atoms with Crippen LogP contribution >= 0.6 is 26.1 Å². The molecular formula is C3H6O6S3. The van der Waals surface area contributed by atoms with Crippen LogP contribution in [0.3, 0.4) is 0 Å². The van der Waals surface area contributed by atoms with E-state index in [9.17, 15) is 9.90 Å². The Bertz CT molecular complexity index is 121. The van der Waals surface area contributed by atoms with Gasteiger partial charge in [0, 0.05) is 5.25 Å². The Kier molecular flexibility index (Phi) is 26.1. The predicted octanol–water partition coefficient (Wildman–Crippen LogP) is -1.48. The summed E-state index contributed by atoms with van der Waals surface area (Å²) in [4.78, 5) is 9.51. The van der Waals surface area contributed by atoms with Crippen molar-refractivity contribution < 1.29 is 28.7 Å². The average Bonchev–Trinajstić information content (AvgIpc) is 1.63. The first-order valence-corrected chi connectivity index (χ1v) is 3.55. The fourth-order valence-electron chi connectivity index (χ4n) is 0. The summed E-state index contributed by atoms with van der Waals surface area (Å²) in [7, 11) is 0. The molecule has 0 saturated heterocycles. The summed E-state index contributed by atoms with van der Waals surface area (Å²) >= 11 is 0.420. The molecule has 0 bridgehead atoms. The number of carbonyl (C=O) groups excluding carboxylic acids is 1. The molecule has 12 heavy (non-hydrogen) atoms. The first-order chi connectivity index (χ1) is 4.37. The van der Waals surface area contributed by atoms with Crippen LogP contribution in [0.1, 0.15) is 6.92 Å². The minimum atomic E-state index is -3.11. The summed E-state index contributed by atoms with van der Waals surface area (Å²) in [5.41, 5.74) is 0. The molecule has 2 radical (unpaired) electrons. The maximum absolute atomic E-state index is 9.51. The molecule has 0 spiro atoms. The molecule has 0 aliphatic carbocycles. The van der Waals surface area contributed by atoms with Crippen LogP contribution < -0.4 is 5.11 Å². The Hall–Kier alpha value is 0.200. The van der Waals surface area contributed by atoms with Crippen LogP contribution in [0.4, 0.5) is 0 Å². The molecule has 0 fully saturated rings. The van der Waals surface area contributed by atoms with Gasteiger partial charge in [-0.25, -0.2) is 0 Å². The topological polar surface area (TPSA) is 133 Å². The van der Waals surface area contributed by atoms with Crippen molar-refractivity contribution >= 4 is 43.5 Å². The summed E-state index contributed by atoms with van der Waals surface area (Å²) in [5.74, 6) is -1.13. The summed E-state index contributed by atoms with van der Waals surface area (Å²) in [6, 6.07) is 0. The Morgan fingerprint density at radius 3 is 1.58 bits per heavy atom. The number of aliphatic carboxylic acids is 1. The van der Waals surface area contributed by atoms with Crippen LogP contribution in [0.5, 0.6) is 0 Å². The number of carbonyl (C=O) groups is 1. The number of thiol groups is 1. The van der Waals surface area contributed by atoms with E-state index in [1.54, 1.807) is 0 Å². The quantitative estimate of drug-likeness (QED) is 0.434. The van der Waals surface area contributed by atoms with E-state index >= 15 is 0 Å². The van der Waals surface area contributed by atoms with E-state index in [1.165, 1.54) is 6.92 Å². The number of carboxylic acid groups (broad SMARTS) is 1. The van der Waals surface area contributed by atoms with Crippen molar-refractivity contribution in [1.82, 2.24) is 0 Å². The molecule has 0 aromatic rings. The van der Waals surface area contributed by atoms with Crippen LogP contribution in [0.15, 0.2) is 0 Å². The number of hydrogen-bond donors (Lipinski definition) is 1. The second-order valence-electron chi connectivity index (χ2n) is 1.20. The normalized spacial score (nSPS) is 9.75. The zero-order valence-corrected chi connectivity index (χ0v) is 8.36. The predicted molar refractivity (Wildman–Crippen MR) is 42.7 cm³/mol. The van der Waals surface area contributed by atoms with Gasteiger partial charge in [-0.3, -0.25) is 4.21 Å². The number of rotatable bonds is 1. The van der Waals surface area contributed by atoms with Gasteiger partial charge in [-0.2, -0.15) is 12.6 Å². The molecular weight excluding hydrogens is 228 g/mol. The minimum Gasteiger partial charge on any atom is -0.870 e. The van der Waals surface area contributed by atoms with Crippen molar-refractivity contribution in [1.29, 1.82) is 0 Å². The Balaban J connectivity index is -0.0000000483.